The average molecular weight is 437 g/mol. The number of guanidine groups is 1. The highest BCUT2D eigenvalue weighted by atomic mass is 16.5. The number of hydrogen-bond donors (Lipinski definition) is 2. The Balaban J connectivity index is 1.21. The van der Waals surface area contributed by atoms with E-state index in [0.29, 0.717) is 45.2 Å². The molecule has 0 radical (unpaired) electrons. The van der Waals surface area contributed by atoms with E-state index in [0.717, 1.165) is 35.4 Å². The maximum Gasteiger partial charge on any atom is 0.246 e. The predicted molar refractivity (Wildman–Crippen MR) is 120 cm³/mol. The van der Waals surface area contributed by atoms with Crippen LogP contribution < -0.4 is 10.1 Å². The molecular formula is C24H28N4O4. The number of rotatable bonds is 10. The number of aliphatic hydroxyl groups is 1. The molecule has 8 nitrogen and oxygen atoms in total. The van der Waals surface area contributed by atoms with Crippen LogP contribution in [-0.2, 0) is 22.7 Å². The number of hydrogen-bond acceptors (Lipinski definition) is 6. The molecule has 2 amide bonds. The van der Waals surface area contributed by atoms with Crippen LogP contribution in [0.1, 0.15) is 30.4 Å². The minimum atomic E-state index is -0.0484. The van der Waals surface area contributed by atoms with Gasteiger partial charge in [-0.2, -0.15) is 0 Å². The van der Waals surface area contributed by atoms with Crippen LogP contribution >= 0.6 is 0 Å². The third kappa shape index (κ3) is 5.45. The van der Waals surface area contributed by atoms with Gasteiger partial charge >= 0.3 is 0 Å². The van der Waals surface area contributed by atoms with Gasteiger partial charge in [0.1, 0.15) is 12.3 Å². The molecule has 0 atom stereocenters. The minimum Gasteiger partial charge on any atom is -0.494 e. The molecule has 2 heterocycles. The Morgan fingerprint density at radius 2 is 2.00 bits per heavy atom. The first-order valence-electron chi connectivity index (χ1n) is 10.9. The van der Waals surface area contributed by atoms with E-state index in [-0.39, 0.29) is 18.4 Å². The highest BCUT2D eigenvalue weighted by Gasteiger charge is 2.29. The Morgan fingerprint density at radius 3 is 2.81 bits per heavy atom. The Kier molecular flexibility index (Phi) is 7.01. The summed E-state index contributed by atoms with van der Waals surface area (Å²) < 4.78 is 5.88. The summed E-state index contributed by atoms with van der Waals surface area (Å²) in [7, 11) is 0. The molecule has 1 saturated heterocycles. The fraction of sp³-hybridized carbons (Fsp3) is 0.375. The lowest BCUT2D eigenvalue weighted by molar-refractivity contribution is -0.132. The molecule has 32 heavy (non-hydrogen) atoms. The third-order valence-corrected chi connectivity index (χ3v) is 5.52. The fourth-order valence-corrected chi connectivity index (χ4v) is 3.87. The number of carbonyl (C=O) groups excluding carboxylic acids is 2. The number of unbranched alkanes of at least 4 members (excludes halogenated alkanes) is 1. The zero-order chi connectivity index (χ0) is 22.3. The first-order valence-corrected chi connectivity index (χ1v) is 10.9. The van der Waals surface area contributed by atoms with Crippen molar-refractivity contribution in [1.82, 2.24) is 15.1 Å². The van der Waals surface area contributed by atoms with Crippen LogP contribution in [0, 0.1) is 0 Å². The summed E-state index contributed by atoms with van der Waals surface area (Å²) in [6.07, 6.45) is 1.90. The summed E-state index contributed by atoms with van der Waals surface area (Å²) in [5, 5.41) is 12.1. The van der Waals surface area contributed by atoms with Crippen LogP contribution in [0.25, 0.3) is 0 Å². The van der Waals surface area contributed by atoms with Gasteiger partial charge < -0.3 is 19.6 Å². The fourth-order valence-electron chi connectivity index (χ4n) is 3.87. The second kappa shape index (κ2) is 10.3. The number of benzene rings is 2. The van der Waals surface area contributed by atoms with Gasteiger partial charge in [-0.15, -0.1) is 0 Å². The third-order valence-electron chi connectivity index (χ3n) is 5.52. The van der Waals surface area contributed by atoms with Crippen LogP contribution in [0.15, 0.2) is 53.5 Å². The van der Waals surface area contributed by atoms with E-state index in [4.69, 9.17) is 4.74 Å². The number of aliphatic imine (C=N–C) groups is 1. The molecule has 8 heteroatoms. The van der Waals surface area contributed by atoms with Crippen molar-refractivity contribution in [3.63, 3.8) is 0 Å². The quantitative estimate of drug-likeness (QED) is 0.557. The molecule has 0 spiro atoms. The summed E-state index contributed by atoms with van der Waals surface area (Å²) in [6, 6.07) is 15.5. The molecule has 0 saturated carbocycles. The molecule has 0 aliphatic carbocycles. The molecule has 168 valence electrons. The zero-order valence-electron chi connectivity index (χ0n) is 18.0. The highest BCUT2D eigenvalue weighted by molar-refractivity contribution is 6.05. The first kappa shape index (κ1) is 21.8. The van der Waals surface area contributed by atoms with Gasteiger partial charge in [0.25, 0.3) is 0 Å². The van der Waals surface area contributed by atoms with Crippen LogP contribution in [-0.4, -0.2) is 59.0 Å². The van der Waals surface area contributed by atoms with Crippen LogP contribution in [0.5, 0.6) is 5.75 Å². The van der Waals surface area contributed by atoms with E-state index in [1.165, 1.54) is 0 Å². The van der Waals surface area contributed by atoms with E-state index < -0.39 is 0 Å². The van der Waals surface area contributed by atoms with Crippen LogP contribution in [0.3, 0.4) is 0 Å². The predicted octanol–water partition coefficient (Wildman–Crippen LogP) is 2.19. The molecule has 0 unspecified atom stereocenters. The normalized spacial score (nSPS) is 14.3. The lowest BCUT2D eigenvalue weighted by Gasteiger charge is -2.23. The van der Waals surface area contributed by atoms with Gasteiger partial charge in [0, 0.05) is 31.6 Å². The number of nitrogens with zero attached hydrogens (tertiary/aromatic N) is 3. The number of aliphatic hydroxyl groups excluding tert-OH is 1. The number of fused-ring (bicyclic) bond motifs is 2. The Morgan fingerprint density at radius 1 is 1.16 bits per heavy atom. The zero-order valence-corrected chi connectivity index (χ0v) is 18.0. The Hall–Kier alpha value is -3.39. The average Bonchev–Trinajstić information content (AvgIpc) is 3.16. The van der Waals surface area contributed by atoms with E-state index in [9.17, 15) is 14.7 Å². The van der Waals surface area contributed by atoms with Gasteiger partial charge in [0.2, 0.25) is 17.8 Å². The van der Waals surface area contributed by atoms with Crippen molar-refractivity contribution < 1.29 is 19.4 Å². The van der Waals surface area contributed by atoms with Crippen molar-refractivity contribution in [2.75, 3.05) is 26.3 Å². The van der Waals surface area contributed by atoms with Gasteiger partial charge in [0.15, 0.2) is 0 Å². The van der Waals surface area contributed by atoms with Crippen molar-refractivity contribution in [3.8, 4) is 5.75 Å². The van der Waals surface area contributed by atoms with Crippen molar-refractivity contribution in [2.24, 2.45) is 4.99 Å². The second-order valence-electron chi connectivity index (χ2n) is 7.96. The molecule has 4 rings (SSSR count). The summed E-state index contributed by atoms with van der Waals surface area (Å²) in [4.78, 5) is 32.2. The molecule has 2 aromatic carbocycles. The largest absolute Gasteiger partial charge is 0.494 e. The molecule has 2 aliphatic heterocycles. The Labute approximate surface area is 187 Å². The van der Waals surface area contributed by atoms with Crippen LogP contribution in [0.2, 0.25) is 0 Å². The van der Waals surface area contributed by atoms with Gasteiger partial charge in [-0.05, 0) is 36.6 Å². The van der Waals surface area contributed by atoms with Gasteiger partial charge in [-0.1, -0.05) is 30.3 Å². The standard InChI is InChI=1S/C24H28N4O4/c29-12-11-27(15-18-6-2-1-3-7-18)23(31)8-4-5-13-32-20-9-10-21-19(14-20)16-28-17-22(30)26-24(28)25-21/h1-3,6-7,9-10,14,29H,4-5,8,11-13,15-17H2,(H,25,26,30). The van der Waals surface area contributed by atoms with Gasteiger partial charge in [-0.3, -0.25) is 14.9 Å². The summed E-state index contributed by atoms with van der Waals surface area (Å²) in [6.45, 7) is 2.27. The molecule has 0 aromatic heterocycles. The number of nitrogens with one attached hydrogen (secondary N) is 1. The maximum atomic E-state index is 12.6. The highest BCUT2D eigenvalue weighted by Crippen LogP contribution is 2.30. The van der Waals surface area contributed by atoms with Crippen molar-refractivity contribution in [3.05, 3.63) is 59.7 Å². The Bertz CT molecular complexity index is 993. The van der Waals surface area contributed by atoms with Crippen LogP contribution in [0.4, 0.5) is 5.69 Å². The SMILES string of the molecule is O=C1CN2Cc3cc(OCCCCC(=O)N(CCO)Cc4ccccc4)ccc3N=C2N1. The lowest BCUT2D eigenvalue weighted by atomic mass is 10.1. The monoisotopic (exact) mass is 436 g/mol. The van der Waals surface area contributed by atoms with E-state index in [1.807, 2.05) is 53.4 Å². The summed E-state index contributed by atoms with van der Waals surface area (Å²) >= 11 is 0. The number of carbonyl (C=O) groups is 2. The van der Waals surface area contributed by atoms with Crippen molar-refractivity contribution in [2.45, 2.75) is 32.4 Å². The van der Waals surface area contributed by atoms with E-state index >= 15 is 0 Å². The molecule has 2 N–H and O–H groups in total. The molecular weight excluding hydrogens is 408 g/mol. The molecule has 0 bridgehead atoms. The van der Waals surface area contributed by atoms with Crippen molar-refractivity contribution >= 4 is 23.5 Å². The minimum absolute atomic E-state index is 0.0381. The maximum absolute atomic E-state index is 12.6. The van der Waals surface area contributed by atoms with E-state index in [2.05, 4.69) is 10.3 Å². The lowest BCUT2D eigenvalue weighted by Crippen LogP contribution is -2.32. The molecule has 1 fully saturated rings. The van der Waals surface area contributed by atoms with E-state index in [1.54, 1.807) is 4.90 Å². The van der Waals surface area contributed by atoms with Gasteiger partial charge in [-0.25, -0.2) is 4.99 Å². The smallest absolute Gasteiger partial charge is 0.246 e. The second-order valence-corrected chi connectivity index (χ2v) is 7.96. The topological polar surface area (TPSA) is 94.5 Å². The molecule has 2 aliphatic rings. The van der Waals surface area contributed by atoms with Gasteiger partial charge in [0.05, 0.1) is 18.9 Å². The molecule has 2 aromatic rings. The summed E-state index contributed by atoms with van der Waals surface area (Å²) in [5.74, 6) is 1.38. The first-order chi connectivity index (χ1) is 15.6. The van der Waals surface area contributed by atoms with Crippen molar-refractivity contribution in [1.29, 1.82) is 0 Å². The number of amides is 2. The summed E-state index contributed by atoms with van der Waals surface area (Å²) in [5.41, 5.74) is 2.92. The number of ether oxygens (including phenoxy) is 1.